The van der Waals surface area contributed by atoms with Gasteiger partial charge in [0.25, 0.3) is 0 Å². The van der Waals surface area contributed by atoms with Crippen LogP contribution in [0.2, 0.25) is 0 Å². The molecular weight excluding hydrogens is 376 g/mol. The molecule has 1 aliphatic heterocycles. The van der Waals surface area contributed by atoms with Crippen molar-refractivity contribution >= 4 is 23.2 Å². The first kappa shape index (κ1) is 21.0. The van der Waals surface area contributed by atoms with Gasteiger partial charge in [-0.15, -0.1) is 12.4 Å². The first-order valence-electron chi connectivity index (χ1n) is 8.69. The van der Waals surface area contributed by atoms with Crippen LogP contribution in [0, 0.1) is 11.6 Å². The van der Waals surface area contributed by atoms with Gasteiger partial charge in [0.15, 0.2) is 0 Å². The molecule has 0 bridgehead atoms. The van der Waals surface area contributed by atoms with Crippen molar-refractivity contribution in [1.82, 2.24) is 4.90 Å². The Labute approximate surface area is 162 Å². The highest BCUT2D eigenvalue weighted by Crippen LogP contribution is 2.20. The maximum absolute atomic E-state index is 13.7. The predicted molar refractivity (Wildman–Crippen MR) is 105 cm³/mol. The molecule has 0 radical (unpaired) electrons. The van der Waals surface area contributed by atoms with Crippen LogP contribution in [0.3, 0.4) is 0 Å². The zero-order valence-corrected chi connectivity index (χ0v) is 16.2. The number of halogens is 3. The molecular formula is C20H24ClF2NOS. The van der Waals surface area contributed by atoms with Gasteiger partial charge in [-0.2, -0.15) is 0 Å². The molecule has 0 aromatic heterocycles. The van der Waals surface area contributed by atoms with Crippen molar-refractivity contribution in [1.29, 1.82) is 0 Å². The van der Waals surface area contributed by atoms with Gasteiger partial charge in [-0.3, -0.25) is 4.21 Å². The lowest BCUT2D eigenvalue weighted by Gasteiger charge is -2.31. The second-order valence-corrected chi connectivity index (χ2v) is 8.25. The SMILES string of the molecule is Cl.O=S(Cc1ccccc1F)C1CCN(CCc2ccc(F)cc2)CC1. The molecule has 142 valence electrons. The average molecular weight is 400 g/mol. The number of hydrogen-bond donors (Lipinski definition) is 0. The zero-order valence-electron chi connectivity index (χ0n) is 14.6. The number of hydrogen-bond acceptors (Lipinski definition) is 2. The summed E-state index contributed by atoms with van der Waals surface area (Å²) in [5, 5.41) is 0.140. The summed E-state index contributed by atoms with van der Waals surface area (Å²) in [6.45, 7) is 2.75. The van der Waals surface area contributed by atoms with Crippen molar-refractivity contribution < 1.29 is 13.0 Å². The molecule has 2 nitrogen and oxygen atoms in total. The van der Waals surface area contributed by atoms with Crippen LogP contribution in [0.4, 0.5) is 8.78 Å². The van der Waals surface area contributed by atoms with Crippen molar-refractivity contribution in [2.24, 2.45) is 0 Å². The Kier molecular flexibility index (Phi) is 8.19. The van der Waals surface area contributed by atoms with Crippen molar-refractivity contribution in [3.63, 3.8) is 0 Å². The minimum absolute atomic E-state index is 0. The Morgan fingerprint density at radius 3 is 2.31 bits per heavy atom. The van der Waals surface area contributed by atoms with Crippen LogP contribution in [0.15, 0.2) is 48.5 Å². The van der Waals surface area contributed by atoms with Crippen LogP contribution >= 0.6 is 12.4 Å². The first-order chi connectivity index (χ1) is 12.1. The highest BCUT2D eigenvalue weighted by atomic mass is 35.5. The number of benzene rings is 2. The topological polar surface area (TPSA) is 20.3 Å². The molecule has 1 unspecified atom stereocenters. The van der Waals surface area contributed by atoms with E-state index in [2.05, 4.69) is 4.90 Å². The lowest BCUT2D eigenvalue weighted by Crippen LogP contribution is -2.38. The molecule has 0 saturated carbocycles. The Morgan fingerprint density at radius 1 is 1.00 bits per heavy atom. The molecule has 1 heterocycles. The quantitative estimate of drug-likeness (QED) is 0.720. The van der Waals surface area contributed by atoms with Gasteiger partial charge < -0.3 is 4.90 Å². The molecule has 2 aromatic carbocycles. The minimum atomic E-state index is -1.03. The van der Waals surface area contributed by atoms with Crippen molar-refractivity contribution in [2.45, 2.75) is 30.3 Å². The fourth-order valence-corrected chi connectivity index (χ4v) is 4.73. The maximum Gasteiger partial charge on any atom is 0.127 e. The van der Waals surface area contributed by atoms with E-state index in [0.29, 0.717) is 11.3 Å². The Balaban J connectivity index is 0.00000243. The van der Waals surface area contributed by atoms with Gasteiger partial charge in [-0.05, 0) is 56.1 Å². The van der Waals surface area contributed by atoms with Crippen molar-refractivity contribution in [2.75, 3.05) is 19.6 Å². The number of likely N-dealkylation sites (tertiary alicyclic amines) is 1. The summed E-state index contributed by atoms with van der Waals surface area (Å²) in [6.07, 6.45) is 2.65. The molecule has 1 fully saturated rings. The van der Waals surface area contributed by atoms with Crippen LogP contribution in [0.1, 0.15) is 24.0 Å². The molecule has 1 atom stereocenters. The standard InChI is InChI=1S/C20H23F2NOS.ClH/c21-18-7-5-16(6-8-18)9-12-23-13-10-19(11-14-23)25(24)15-17-3-1-2-4-20(17)22;/h1-8,19H,9-15H2;1H. The molecule has 26 heavy (non-hydrogen) atoms. The maximum atomic E-state index is 13.7. The average Bonchev–Trinajstić information content (AvgIpc) is 2.63. The molecule has 1 aliphatic rings. The molecule has 2 aromatic rings. The molecule has 0 amide bonds. The number of nitrogens with zero attached hydrogens (tertiary/aromatic N) is 1. The van der Waals surface area contributed by atoms with E-state index in [1.165, 1.54) is 18.2 Å². The molecule has 3 rings (SSSR count). The Morgan fingerprint density at radius 2 is 1.65 bits per heavy atom. The zero-order chi connectivity index (χ0) is 17.6. The molecule has 0 N–H and O–H groups in total. The summed E-state index contributed by atoms with van der Waals surface area (Å²) in [4.78, 5) is 2.36. The second kappa shape index (κ2) is 10.1. The van der Waals surface area contributed by atoms with E-state index in [1.54, 1.807) is 18.2 Å². The van der Waals surface area contributed by atoms with Gasteiger partial charge in [0.05, 0.1) is 5.75 Å². The predicted octanol–water partition coefficient (Wildman–Crippen LogP) is 4.34. The second-order valence-electron chi connectivity index (χ2n) is 6.53. The third-order valence-electron chi connectivity index (χ3n) is 4.79. The van der Waals surface area contributed by atoms with Crippen LogP contribution in [0.25, 0.3) is 0 Å². The van der Waals surface area contributed by atoms with Gasteiger partial charge in [0.1, 0.15) is 11.6 Å². The lowest BCUT2D eigenvalue weighted by molar-refractivity contribution is 0.234. The van der Waals surface area contributed by atoms with Gasteiger partial charge in [0.2, 0.25) is 0 Å². The molecule has 0 spiro atoms. The number of rotatable bonds is 6. The summed E-state index contributed by atoms with van der Waals surface area (Å²) >= 11 is 0. The van der Waals surface area contributed by atoms with Crippen LogP contribution in [-0.4, -0.2) is 34.0 Å². The van der Waals surface area contributed by atoms with Gasteiger partial charge >= 0.3 is 0 Å². The molecule has 1 saturated heterocycles. The molecule has 6 heteroatoms. The summed E-state index contributed by atoms with van der Waals surface area (Å²) in [5.74, 6) is -0.179. The van der Waals surface area contributed by atoms with Crippen LogP contribution in [0.5, 0.6) is 0 Å². The smallest absolute Gasteiger partial charge is 0.127 e. The molecule has 0 aliphatic carbocycles. The van der Waals surface area contributed by atoms with Crippen LogP contribution in [-0.2, 0) is 23.0 Å². The third kappa shape index (κ3) is 5.86. The summed E-state index contributed by atoms with van der Waals surface area (Å²) < 4.78 is 39.1. The Bertz CT molecular complexity index is 718. The summed E-state index contributed by atoms with van der Waals surface area (Å²) in [6, 6.07) is 13.2. The van der Waals surface area contributed by atoms with Gasteiger partial charge in [0, 0.05) is 28.2 Å². The first-order valence-corrected chi connectivity index (χ1v) is 10.1. The largest absolute Gasteiger partial charge is 0.303 e. The van der Waals surface area contributed by atoms with Gasteiger partial charge in [-0.25, -0.2) is 8.78 Å². The van der Waals surface area contributed by atoms with E-state index in [9.17, 15) is 13.0 Å². The highest BCUT2D eigenvalue weighted by molar-refractivity contribution is 7.84. The Hall–Kier alpha value is -1.30. The lowest BCUT2D eigenvalue weighted by atomic mass is 10.1. The van der Waals surface area contributed by atoms with Crippen LogP contribution < -0.4 is 0 Å². The van der Waals surface area contributed by atoms with E-state index < -0.39 is 10.8 Å². The van der Waals surface area contributed by atoms with E-state index >= 15 is 0 Å². The van der Waals surface area contributed by atoms with E-state index in [4.69, 9.17) is 0 Å². The minimum Gasteiger partial charge on any atom is -0.303 e. The fourth-order valence-electron chi connectivity index (χ4n) is 3.22. The summed E-state index contributed by atoms with van der Waals surface area (Å²) in [5.41, 5.74) is 1.67. The van der Waals surface area contributed by atoms with Gasteiger partial charge in [-0.1, -0.05) is 30.3 Å². The highest BCUT2D eigenvalue weighted by Gasteiger charge is 2.24. The van der Waals surface area contributed by atoms with E-state index in [0.717, 1.165) is 44.5 Å². The van der Waals surface area contributed by atoms with Crippen molar-refractivity contribution in [3.05, 3.63) is 71.3 Å². The number of piperidine rings is 1. The normalized spacial score (nSPS) is 16.8. The van der Waals surface area contributed by atoms with Crippen molar-refractivity contribution in [3.8, 4) is 0 Å². The fraction of sp³-hybridized carbons (Fsp3) is 0.400. The van der Waals surface area contributed by atoms with E-state index in [-0.39, 0.29) is 29.3 Å². The monoisotopic (exact) mass is 399 g/mol. The van der Waals surface area contributed by atoms with E-state index in [1.807, 2.05) is 12.1 Å². The third-order valence-corrected chi connectivity index (χ3v) is 6.60. The summed E-state index contributed by atoms with van der Waals surface area (Å²) in [7, 11) is -1.03.